The second-order valence-corrected chi connectivity index (χ2v) is 3.62. The maximum atomic E-state index is 10.9. The molecule has 0 aliphatic heterocycles. The third-order valence-electron chi connectivity index (χ3n) is 1.60. The molecule has 90 valence electrons. The van der Waals surface area contributed by atoms with Crippen LogP contribution in [0, 0.1) is 0 Å². The second-order valence-electron chi connectivity index (χ2n) is 3.62. The zero-order chi connectivity index (χ0) is 11.7. The minimum atomic E-state index is -0.600. The van der Waals surface area contributed by atoms with Crippen LogP contribution in [0.25, 0.3) is 0 Å². The van der Waals surface area contributed by atoms with Crippen LogP contribution in [0.15, 0.2) is 0 Å². The molecule has 0 aromatic heterocycles. The molecule has 0 spiro atoms. The lowest BCUT2D eigenvalue weighted by molar-refractivity contribution is -0.0653. The quantitative estimate of drug-likeness (QED) is 0.501. The number of amides is 1. The van der Waals surface area contributed by atoms with Gasteiger partial charge in [0.15, 0.2) is 0 Å². The minimum Gasteiger partial charge on any atom is -0.447 e. The molecule has 0 saturated heterocycles. The van der Waals surface area contributed by atoms with Crippen molar-refractivity contribution < 1.29 is 19.4 Å². The highest BCUT2D eigenvalue weighted by Gasteiger charge is 2.16. The van der Waals surface area contributed by atoms with Gasteiger partial charge in [0.1, 0.15) is 6.61 Å². The standard InChI is InChI=1S/C9H20N2O4/c1-9(2,7-12)15-6-5-14-8(13)11-4-3-10/h12H,3-7,10H2,1-2H3,(H,11,13). The predicted octanol–water partition coefficient (Wildman–Crippen LogP) is -0.541. The first-order chi connectivity index (χ1) is 7.02. The molecule has 0 aliphatic rings. The summed E-state index contributed by atoms with van der Waals surface area (Å²) in [6.45, 7) is 4.60. The molecular formula is C9H20N2O4. The van der Waals surface area contributed by atoms with Crippen LogP contribution < -0.4 is 11.1 Å². The van der Waals surface area contributed by atoms with Crippen molar-refractivity contribution in [3.8, 4) is 0 Å². The number of hydrogen-bond acceptors (Lipinski definition) is 5. The number of nitrogens with two attached hydrogens (primary N) is 1. The number of aliphatic hydroxyl groups is 1. The molecule has 0 aliphatic carbocycles. The molecule has 4 N–H and O–H groups in total. The number of alkyl carbamates (subject to hydrolysis) is 1. The molecule has 0 heterocycles. The van der Waals surface area contributed by atoms with E-state index in [-0.39, 0.29) is 19.8 Å². The number of hydrogen-bond donors (Lipinski definition) is 3. The SMILES string of the molecule is CC(C)(CO)OCCOC(=O)NCCN. The van der Waals surface area contributed by atoms with Crippen molar-refractivity contribution in [2.24, 2.45) is 5.73 Å². The summed E-state index contributed by atoms with van der Waals surface area (Å²) >= 11 is 0. The van der Waals surface area contributed by atoms with Crippen molar-refractivity contribution in [3.63, 3.8) is 0 Å². The number of ether oxygens (including phenoxy) is 2. The van der Waals surface area contributed by atoms with Crippen molar-refractivity contribution in [1.29, 1.82) is 0 Å². The monoisotopic (exact) mass is 220 g/mol. The fraction of sp³-hybridized carbons (Fsp3) is 0.889. The molecule has 6 heteroatoms. The van der Waals surface area contributed by atoms with Crippen molar-refractivity contribution in [2.75, 3.05) is 32.9 Å². The predicted molar refractivity (Wildman–Crippen MR) is 55.5 cm³/mol. The highest BCUT2D eigenvalue weighted by Crippen LogP contribution is 2.06. The zero-order valence-electron chi connectivity index (χ0n) is 9.28. The van der Waals surface area contributed by atoms with Gasteiger partial charge >= 0.3 is 6.09 Å². The van der Waals surface area contributed by atoms with E-state index in [2.05, 4.69) is 5.32 Å². The lowest BCUT2D eigenvalue weighted by atomic mass is 10.1. The molecule has 0 rings (SSSR count). The van der Waals surface area contributed by atoms with Gasteiger partial charge in [0.05, 0.1) is 18.8 Å². The van der Waals surface area contributed by atoms with Crippen molar-refractivity contribution in [3.05, 3.63) is 0 Å². The summed E-state index contributed by atoms with van der Waals surface area (Å²) in [6, 6.07) is 0. The molecular weight excluding hydrogens is 200 g/mol. The zero-order valence-corrected chi connectivity index (χ0v) is 9.28. The largest absolute Gasteiger partial charge is 0.447 e. The average molecular weight is 220 g/mol. The smallest absolute Gasteiger partial charge is 0.407 e. The third kappa shape index (κ3) is 8.17. The molecule has 15 heavy (non-hydrogen) atoms. The van der Waals surface area contributed by atoms with E-state index in [1.807, 2.05) is 0 Å². The Morgan fingerprint density at radius 2 is 2.13 bits per heavy atom. The van der Waals surface area contributed by atoms with Crippen LogP contribution >= 0.6 is 0 Å². The van der Waals surface area contributed by atoms with Crippen LogP contribution in [0.3, 0.4) is 0 Å². The van der Waals surface area contributed by atoms with Crippen LogP contribution in [0.2, 0.25) is 0 Å². The van der Waals surface area contributed by atoms with Crippen LogP contribution in [-0.2, 0) is 9.47 Å². The number of carbonyl (C=O) groups is 1. The Morgan fingerprint density at radius 3 is 2.67 bits per heavy atom. The van der Waals surface area contributed by atoms with E-state index in [1.54, 1.807) is 13.8 Å². The average Bonchev–Trinajstić information content (AvgIpc) is 2.21. The van der Waals surface area contributed by atoms with Gasteiger partial charge in [-0.15, -0.1) is 0 Å². The lowest BCUT2D eigenvalue weighted by Gasteiger charge is -2.22. The lowest BCUT2D eigenvalue weighted by Crippen LogP contribution is -2.33. The first-order valence-electron chi connectivity index (χ1n) is 4.87. The maximum absolute atomic E-state index is 10.9. The molecule has 0 saturated carbocycles. The fourth-order valence-corrected chi connectivity index (χ4v) is 0.723. The van der Waals surface area contributed by atoms with E-state index < -0.39 is 11.7 Å². The topological polar surface area (TPSA) is 93.8 Å². The van der Waals surface area contributed by atoms with Gasteiger partial charge in [-0.2, -0.15) is 0 Å². The third-order valence-corrected chi connectivity index (χ3v) is 1.60. The minimum absolute atomic E-state index is 0.0770. The Balaban J connectivity index is 3.42. The molecule has 0 radical (unpaired) electrons. The van der Waals surface area contributed by atoms with Gasteiger partial charge in [-0.25, -0.2) is 4.79 Å². The molecule has 0 unspecified atom stereocenters. The van der Waals surface area contributed by atoms with Gasteiger partial charge in [-0.05, 0) is 13.8 Å². The fourth-order valence-electron chi connectivity index (χ4n) is 0.723. The molecule has 0 atom stereocenters. The Bertz CT molecular complexity index is 185. The molecule has 6 nitrogen and oxygen atoms in total. The molecule has 0 aromatic carbocycles. The van der Waals surface area contributed by atoms with Crippen molar-refractivity contribution >= 4 is 6.09 Å². The first-order valence-corrected chi connectivity index (χ1v) is 4.87. The number of nitrogens with one attached hydrogen (secondary N) is 1. The normalized spacial score (nSPS) is 11.2. The first kappa shape index (κ1) is 14.2. The number of carbonyl (C=O) groups excluding carboxylic acids is 1. The summed E-state index contributed by atoms with van der Waals surface area (Å²) in [5, 5.41) is 11.3. The van der Waals surface area contributed by atoms with E-state index in [0.29, 0.717) is 13.1 Å². The van der Waals surface area contributed by atoms with Crippen molar-refractivity contribution in [1.82, 2.24) is 5.32 Å². The Hall–Kier alpha value is -0.850. The van der Waals surface area contributed by atoms with Gasteiger partial charge in [0, 0.05) is 13.1 Å². The van der Waals surface area contributed by atoms with Gasteiger partial charge < -0.3 is 25.6 Å². The van der Waals surface area contributed by atoms with Crippen LogP contribution in [-0.4, -0.2) is 49.7 Å². The van der Waals surface area contributed by atoms with Crippen LogP contribution in [0.1, 0.15) is 13.8 Å². The molecule has 0 aromatic rings. The Labute approximate surface area is 89.7 Å². The highest BCUT2D eigenvalue weighted by molar-refractivity contribution is 5.67. The highest BCUT2D eigenvalue weighted by atomic mass is 16.6. The Morgan fingerprint density at radius 1 is 1.47 bits per heavy atom. The van der Waals surface area contributed by atoms with E-state index in [9.17, 15) is 4.79 Å². The van der Waals surface area contributed by atoms with Crippen LogP contribution in [0.5, 0.6) is 0 Å². The Kier molecular flexibility index (Phi) is 7.02. The van der Waals surface area contributed by atoms with E-state index in [1.165, 1.54) is 0 Å². The number of aliphatic hydroxyl groups excluding tert-OH is 1. The summed E-state index contributed by atoms with van der Waals surface area (Å²) in [6.07, 6.45) is -0.508. The van der Waals surface area contributed by atoms with E-state index >= 15 is 0 Å². The van der Waals surface area contributed by atoms with E-state index in [4.69, 9.17) is 20.3 Å². The number of rotatable bonds is 7. The maximum Gasteiger partial charge on any atom is 0.407 e. The van der Waals surface area contributed by atoms with Gasteiger partial charge in [-0.1, -0.05) is 0 Å². The summed E-state index contributed by atoms with van der Waals surface area (Å²) in [5.74, 6) is 0. The molecule has 1 amide bonds. The van der Waals surface area contributed by atoms with Gasteiger partial charge in [-0.3, -0.25) is 0 Å². The summed E-state index contributed by atoms with van der Waals surface area (Å²) < 4.78 is 10.0. The van der Waals surface area contributed by atoms with Crippen molar-refractivity contribution in [2.45, 2.75) is 19.4 Å². The molecule has 0 fully saturated rings. The van der Waals surface area contributed by atoms with Crippen LogP contribution in [0.4, 0.5) is 4.79 Å². The van der Waals surface area contributed by atoms with Gasteiger partial charge in [0.2, 0.25) is 0 Å². The summed E-state index contributed by atoms with van der Waals surface area (Å²) in [4.78, 5) is 10.9. The summed E-state index contributed by atoms with van der Waals surface area (Å²) in [7, 11) is 0. The second kappa shape index (κ2) is 7.44. The molecule has 0 bridgehead atoms. The van der Waals surface area contributed by atoms with Gasteiger partial charge in [0.25, 0.3) is 0 Å². The summed E-state index contributed by atoms with van der Waals surface area (Å²) in [5.41, 5.74) is 4.58. The van der Waals surface area contributed by atoms with E-state index in [0.717, 1.165) is 0 Å².